The van der Waals surface area contributed by atoms with Gasteiger partial charge in [0.05, 0.1) is 28.8 Å². The van der Waals surface area contributed by atoms with Crippen LogP contribution in [0.5, 0.6) is 0 Å². The van der Waals surface area contributed by atoms with Crippen LogP contribution < -0.4 is 0 Å². The minimum absolute atomic E-state index is 0.307. The van der Waals surface area contributed by atoms with Crippen molar-refractivity contribution in [1.29, 1.82) is 5.26 Å². The second-order valence-corrected chi connectivity index (χ2v) is 4.76. The number of hydrogen-bond donors (Lipinski definition) is 0. The topological polar surface area (TPSA) is 50.1 Å². The molecule has 0 saturated heterocycles. The number of carbonyl (C=O) groups is 1. The van der Waals surface area contributed by atoms with Gasteiger partial charge in [0.25, 0.3) is 0 Å². The number of ether oxygens (including phenoxy) is 1. The normalized spacial score (nSPS) is 11.3. The van der Waals surface area contributed by atoms with Gasteiger partial charge < -0.3 is 4.74 Å². The smallest absolute Gasteiger partial charge is 0.335 e. The summed E-state index contributed by atoms with van der Waals surface area (Å²) in [5.41, 5.74) is 1.72. The molecule has 0 radical (unpaired) electrons. The van der Waals surface area contributed by atoms with E-state index in [-0.39, 0.29) is 0 Å². The first-order valence-corrected chi connectivity index (χ1v) is 7.19. The number of nitriles is 1. The Hall–Kier alpha value is -2.05. The summed E-state index contributed by atoms with van der Waals surface area (Å²) in [5.74, 6) is -0.393. The Morgan fingerprint density at radius 3 is 2.62 bits per heavy atom. The number of esters is 1. The molecule has 0 atom stereocenters. The van der Waals surface area contributed by atoms with Gasteiger partial charge in [-0.3, -0.25) is 0 Å². The molecule has 0 aliphatic heterocycles. The second kappa shape index (κ2) is 8.99. The predicted octanol–water partition coefficient (Wildman–Crippen LogP) is 4.43. The fraction of sp³-hybridized carbons (Fsp3) is 0.294. The van der Waals surface area contributed by atoms with Crippen molar-refractivity contribution in [2.24, 2.45) is 0 Å². The molecule has 0 aliphatic carbocycles. The molecule has 21 heavy (non-hydrogen) atoms. The van der Waals surface area contributed by atoms with Gasteiger partial charge in [-0.15, -0.1) is 6.58 Å². The van der Waals surface area contributed by atoms with Gasteiger partial charge in [-0.25, -0.2) is 4.79 Å². The van der Waals surface area contributed by atoms with E-state index in [1.54, 1.807) is 37.3 Å². The van der Waals surface area contributed by atoms with Crippen LogP contribution in [0.2, 0.25) is 0 Å². The fourth-order valence-corrected chi connectivity index (χ4v) is 2.11. The van der Waals surface area contributed by atoms with Crippen LogP contribution in [-0.4, -0.2) is 12.6 Å². The molecule has 0 fully saturated rings. The molecular weight excluding hydrogens is 286 g/mol. The van der Waals surface area contributed by atoms with Crippen molar-refractivity contribution in [3.05, 3.63) is 53.6 Å². The second-order valence-electron chi connectivity index (χ2n) is 4.38. The fourth-order valence-electron chi connectivity index (χ4n) is 1.81. The molecule has 0 unspecified atom stereocenters. The van der Waals surface area contributed by atoms with E-state index in [1.807, 2.05) is 6.07 Å². The summed E-state index contributed by atoms with van der Waals surface area (Å²) < 4.78 is 5.06. The van der Waals surface area contributed by atoms with Crippen LogP contribution in [0.3, 0.4) is 0 Å². The van der Waals surface area contributed by atoms with E-state index in [9.17, 15) is 4.79 Å². The zero-order valence-electron chi connectivity index (χ0n) is 12.1. The third-order valence-corrected chi connectivity index (χ3v) is 3.34. The Morgan fingerprint density at radius 2 is 2.10 bits per heavy atom. The van der Waals surface area contributed by atoms with Gasteiger partial charge >= 0.3 is 5.97 Å². The summed E-state index contributed by atoms with van der Waals surface area (Å²) in [6, 6.07) is 8.85. The van der Waals surface area contributed by atoms with E-state index in [0.29, 0.717) is 34.8 Å². The van der Waals surface area contributed by atoms with Crippen LogP contribution in [0.4, 0.5) is 0 Å². The van der Waals surface area contributed by atoms with Crippen molar-refractivity contribution >= 4 is 22.6 Å². The summed E-state index contributed by atoms with van der Waals surface area (Å²) in [6.07, 6.45) is 3.92. The minimum Gasteiger partial charge on any atom is -0.463 e. The van der Waals surface area contributed by atoms with Crippen LogP contribution in [0.25, 0.3) is 5.03 Å². The molecule has 1 rings (SSSR count). The monoisotopic (exact) mass is 303 g/mol. The van der Waals surface area contributed by atoms with E-state index in [1.165, 1.54) is 0 Å². The maximum Gasteiger partial charge on any atom is 0.335 e. The van der Waals surface area contributed by atoms with E-state index in [0.717, 1.165) is 12.8 Å². The maximum absolute atomic E-state index is 12.0. The molecule has 0 heterocycles. The molecule has 0 aliphatic rings. The van der Waals surface area contributed by atoms with Crippen molar-refractivity contribution in [3.8, 4) is 6.07 Å². The van der Waals surface area contributed by atoms with E-state index in [2.05, 4.69) is 6.58 Å². The molecule has 0 amide bonds. The average Bonchev–Trinajstić information content (AvgIpc) is 2.51. The van der Waals surface area contributed by atoms with Crippen LogP contribution in [-0.2, 0) is 9.53 Å². The molecule has 0 N–H and O–H groups in total. The van der Waals surface area contributed by atoms with E-state index >= 15 is 0 Å². The third-order valence-electron chi connectivity index (χ3n) is 2.89. The van der Waals surface area contributed by atoms with Gasteiger partial charge in [0, 0.05) is 0 Å². The lowest BCUT2D eigenvalue weighted by Crippen LogP contribution is -2.09. The maximum atomic E-state index is 12.0. The average molecular weight is 304 g/mol. The number of carbonyl (C=O) groups excluding carboxylic acids is 1. The zero-order chi connectivity index (χ0) is 15.7. The zero-order valence-corrected chi connectivity index (χ0v) is 12.8. The van der Waals surface area contributed by atoms with Crippen LogP contribution in [0, 0.1) is 11.3 Å². The molecule has 0 aromatic heterocycles. The Labute approximate surface area is 130 Å². The molecule has 110 valence electrons. The number of allylic oxidation sites excluding steroid dienone is 1. The third kappa shape index (κ3) is 5.09. The first-order valence-electron chi connectivity index (χ1n) is 6.81. The van der Waals surface area contributed by atoms with Gasteiger partial charge in [-0.1, -0.05) is 29.8 Å². The van der Waals surface area contributed by atoms with Crippen LogP contribution in [0.1, 0.15) is 37.3 Å². The van der Waals surface area contributed by atoms with Crippen molar-refractivity contribution in [2.75, 3.05) is 6.61 Å². The Balaban J connectivity index is 3.07. The highest BCUT2D eigenvalue weighted by Gasteiger charge is 2.16. The van der Waals surface area contributed by atoms with Crippen LogP contribution >= 0.6 is 11.6 Å². The quantitative estimate of drug-likeness (QED) is 0.324. The molecule has 4 heteroatoms. The molecule has 3 nitrogen and oxygen atoms in total. The van der Waals surface area contributed by atoms with Gasteiger partial charge in [-0.05, 0) is 43.9 Å². The van der Waals surface area contributed by atoms with Gasteiger partial charge in [0.2, 0.25) is 0 Å². The summed E-state index contributed by atoms with van der Waals surface area (Å²) >= 11 is 6.35. The predicted molar refractivity (Wildman–Crippen MR) is 84.6 cm³/mol. The SMILES string of the molecule is C=CCCC/C(C(=O)OCC)=C(/Cl)c1ccc(C#N)cc1. The highest BCUT2D eigenvalue weighted by molar-refractivity contribution is 6.50. The van der Waals surface area contributed by atoms with Gasteiger partial charge in [0.1, 0.15) is 0 Å². The van der Waals surface area contributed by atoms with Gasteiger partial charge in [-0.2, -0.15) is 5.26 Å². The summed E-state index contributed by atoms with van der Waals surface area (Å²) in [4.78, 5) is 12.0. The molecule has 0 spiro atoms. The number of rotatable bonds is 7. The molecule has 1 aromatic carbocycles. The van der Waals surface area contributed by atoms with E-state index < -0.39 is 5.97 Å². The van der Waals surface area contributed by atoms with Gasteiger partial charge in [0.15, 0.2) is 0 Å². The number of benzene rings is 1. The van der Waals surface area contributed by atoms with Crippen molar-refractivity contribution < 1.29 is 9.53 Å². The highest BCUT2D eigenvalue weighted by atomic mass is 35.5. The van der Waals surface area contributed by atoms with Crippen molar-refractivity contribution in [1.82, 2.24) is 0 Å². The molecule has 1 aromatic rings. The molecule has 0 bridgehead atoms. The minimum atomic E-state index is -0.393. The molecule has 0 saturated carbocycles. The van der Waals surface area contributed by atoms with E-state index in [4.69, 9.17) is 21.6 Å². The number of hydrogen-bond acceptors (Lipinski definition) is 3. The largest absolute Gasteiger partial charge is 0.463 e. The first kappa shape index (κ1) is 17.0. The lowest BCUT2D eigenvalue weighted by Gasteiger charge is -2.10. The first-order chi connectivity index (χ1) is 10.1. The highest BCUT2D eigenvalue weighted by Crippen LogP contribution is 2.27. The van der Waals surface area contributed by atoms with Crippen molar-refractivity contribution in [3.63, 3.8) is 0 Å². The summed E-state index contributed by atoms with van der Waals surface area (Å²) in [7, 11) is 0. The Bertz CT molecular complexity index is 567. The number of unbranched alkanes of at least 4 members (excludes halogenated alkanes) is 1. The summed E-state index contributed by atoms with van der Waals surface area (Å²) in [5, 5.41) is 9.18. The lowest BCUT2D eigenvalue weighted by atomic mass is 10.0. The molecular formula is C17H18ClNO2. The van der Waals surface area contributed by atoms with Crippen LogP contribution in [0.15, 0.2) is 42.5 Å². The lowest BCUT2D eigenvalue weighted by molar-refractivity contribution is -0.138. The summed E-state index contributed by atoms with van der Waals surface area (Å²) in [6.45, 7) is 5.73. The Morgan fingerprint density at radius 1 is 1.43 bits per heavy atom. The number of halogens is 1. The number of nitrogens with zero attached hydrogens (tertiary/aromatic N) is 1. The standard InChI is InChI=1S/C17H18ClNO2/c1-3-5-6-7-15(17(20)21-4-2)16(18)14-10-8-13(12-19)9-11-14/h3,8-11H,1,4-7H2,2H3/b16-15-. The van der Waals surface area contributed by atoms with Crippen molar-refractivity contribution in [2.45, 2.75) is 26.2 Å². The Kier molecular flexibility index (Phi) is 7.28.